The second-order valence-corrected chi connectivity index (χ2v) is 16.3. The van der Waals surface area contributed by atoms with Crippen LogP contribution in [0, 0.1) is 5.41 Å². The molecule has 0 bridgehead atoms. The highest BCUT2D eigenvalue weighted by molar-refractivity contribution is 6.76. The topological polar surface area (TPSA) is 85.1 Å². The number of nitrogens with zero attached hydrogens (tertiary/aromatic N) is 2. The number of urea groups is 1. The fourth-order valence-corrected chi connectivity index (χ4v) is 6.01. The zero-order valence-corrected chi connectivity index (χ0v) is 18.5. The molecule has 0 aromatic carbocycles. The average molecular weight is 410 g/mol. The Morgan fingerprint density at radius 1 is 1.18 bits per heavy atom. The number of rotatable bonds is 6. The SMILES string of the molecule is C[Si](C)(C)CCOCN1C(=O)N(C2CC3(CCC(N)CC3)C2)C2(COC2)C1=O. The largest absolute Gasteiger partial charge is 0.375 e. The smallest absolute Gasteiger partial charge is 0.330 e. The van der Waals surface area contributed by atoms with E-state index in [2.05, 4.69) is 19.6 Å². The summed E-state index contributed by atoms with van der Waals surface area (Å²) in [6.07, 6.45) is 6.42. The van der Waals surface area contributed by atoms with Gasteiger partial charge in [-0.05, 0) is 50.0 Å². The van der Waals surface area contributed by atoms with Crippen LogP contribution in [0.25, 0.3) is 0 Å². The van der Waals surface area contributed by atoms with Gasteiger partial charge in [-0.3, -0.25) is 4.79 Å². The summed E-state index contributed by atoms with van der Waals surface area (Å²) in [6, 6.07) is 1.30. The fourth-order valence-electron chi connectivity index (χ4n) is 5.25. The van der Waals surface area contributed by atoms with Crippen molar-refractivity contribution in [1.29, 1.82) is 0 Å². The third kappa shape index (κ3) is 3.42. The van der Waals surface area contributed by atoms with Gasteiger partial charge in [0.05, 0.1) is 13.2 Å². The summed E-state index contributed by atoms with van der Waals surface area (Å²) >= 11 is 0. The van der Waals surface area contributed by atoms with Crippen molar-refractivity contribution < 1.29 is 19.1 Å². The lowest BCUT2D eigenvalue weighted by molar-refractivity contribution is -0.171. The second-order valence-electron chi connectivity index (χ2n) is 10.7. The molecule has 2 saturated carbocycles. The van der Waals surface area contributed by atoms with Gasteiger partial charge in [-0.15, -0.1) is 0 Å². The number of amides is 3. The number of carbonyl (C=O) groups is 2. The molecule has 2 aliphatic heterocycles. The molecule has 0 aromatic heterocycles. The molecule has 0 unspecified atom stereocenters. The Morgan fingerprint density at radius 3 is 2.36 bits per heavy atom. The Labute approximate surface area is 168 Å². The van der Waals surface area contributed by atoms with Gasteiger partial charge in [0.1, 0.15) is 6.73 Å². The van der Waals surface area contributed by atoms with Crippen molar-refractivity contribution in [2.45, 2.75) is 81.8 Å². The first-order chi connectivity index (χ1) is 13.2. The van der Waals surface area contributed by atoms with Gasteiger partial charge in [0.2, 0.25) is 0 Å². The van der Waals surface area contributed by atoms with E-state index in [1.54, 1.807) is 0 Å². The summed E-state index contributed by atoms with van der Waals surface area (Å²) in [5, 5.41) is 0. The number of hydrogen-bond acceptors (Lipinski definition) is 5. The van der Waals surface area contributed by atoms with Gasteiger partial charge in [-0.25, -0.2) is 9.69 Å². The second kappa shape index (κ2) is 7.07. The predicted molar refractivity (Wildman–Crippen MR) is 109 cm³/mol. The van der Waals surface area contributed by atoms with Crippen molar-refractivity contribution in [2.75, 3.05) is 26.6 Å². The highest BCUT2D eigenvalue weighted by Crippen LogP contribution is 2.55. The van der Waals surface area contributed by atoms with Gasteiger partial charge in [0.25, 0.3) is 5.91 Å². The normalized spacial score (nSPS) is 34.9. The molecule has 3 amide bonds. The molecule has 2 N–H and O–H groups in total. The first-order valence-electron chi connectivity index (χ1n) is 10.7. The van der Waals surface area contributed by atoms with Crippen LogP contribution in [0.5, 0.6) is 0 Å². The molecule has 0 atom stereocenters. The number of ether oxygens (including phenoxy) is 2. The quantitative estimate of drug-likeness (QED) is 0.414. The number of carbonyl (C=O) groups excluding carboxylic acids is 2. The maximum Gasteiger partial charge on any atom is 0.330 e. The molecule has 28 heavy (non-hydrogen) atoms. The molecule has 2 saturated heterocycles. The van der Waals surface area contributed by atoms with E-state index in [-0.39, 0.29) is 24.7 Å². The number of imide groups is 1. The Balaban J connectivity index is 1.39. The first-order valence-corrected chi connectivity index (χ1v) is 14.4. The van der Waals surface area contributed by atoms with Crippen LogP contribution in [0.15, 0.2) is 0 Å². The number of nitrogens with two attached hydrogens (primary N) is 1. The zero-order chi connectivity index (χ0) is 20.2. The molecule has 2 heterocycles. The molecule has 4 rings (SSSR count). The highest BCUT2D eigenvalue weighted by Gasteiger charge is 2.66. The Hall–Kier alpha value is -0.963. The fraction of sp³-hybridized carbons (Fsp3) is 0.900. The van der Waals surface area contributed by atoms with E-state index in [9.17, 15) is 9.59 Å². The molecule has 4 aliphatic rings. The van der Waals surface area contributed by atoms with Gasteiger partial charge in [0, 0.05) is 26.8 Å². The Bertz CT molecular complexity index is 630. The summed E-state index contributed by atoms with van der Waals surface area (Å²) in [5.41, 5.74) is 5.61. The van der Waals surface area contributed by atoms with Crippen LogP contribution in [-0.4, -0.2) is 74.0 Å². The molecule has 8 heteroatoms. The van der Waals surface area contributed by atoms with Gasteiger partial charge in [0.15, 0.2) is 5.54 Å². The van der Waals surface area contributed by atoms with Crippen LogP contribution >= 0.6 is 0 Å². The van der Waals surface area contributed by atoms with Gasteiger partial charge in [-0.2, -0.15) is 0 Å². The van der Waals surface area contributed by atoms with Crippen molar-refractivity contribution in [3.63, 3.8) is 0 Å². The third-order valence-electron chi connectivity index (χ3n) is 7.23. The molecular formula is C20H35N3O4Si. The lowest BCUT2D eigenvalue weighted by Gasteiger charge is -2.57. The standard InChI is InChI=1S/C20H35N3O4Si/c1-28(2,3)9-8-26-14-22-17(24)20(12-27-13-20)23(18(22)25)16-10-19(11-16)6-4-15(21)5-7-19/h15-16H,4-14,21H2,1-3H3. The Morgan fingerprint density at radius 2 is 1.82 bits per heavy atom. The van der Waals surface area contributed by atoms with E-state index >= 15 is 0 Å². The maximum absolute atomic E-state index is 13.2. The monoisotopic (exact) mass is 409 g/mol. The zero-order valence-electron chi connectivity index (χ0n) is 17.5. The lowest BCUT2D eigenvalue weighted by atomic mass is 9.57. The molecule has 158 valence electrons. The molecule has 7 nitrogen and oxygen atoms in total. The minimum absolute atomic E-state index is 0.0626. The van der Waals surface area contributed by atoms with Crippen LogP contribution in [0.4, 0.5) is 4.79 Å². The highest BCUT2D eigenvalue weighted by atomic mass is 28.3. The summed E-state index contributed by atoms with van der Waals surface area (Å²) in [5.74, 6) is -0.136. The Kier molecular flexibility index (Phi) is 5.13. The van der Waals surface area contributed by atoms with Crippen molar-refractivity contribution in [2.24, 2.45) is 11.1 Å². The van der Waals surface area contributed by atoms with Crippen molar-refractivity contribution in [1.82, 2.24) is 9.80 Å². The number of hydrogen-bond donors (Lipinski definition) is 1. The molecule has 2 aliphatic carbocycles. The van der Waals surface area contributed by atoms with E-state index in [0.717, 1.165) is 44.6 Å². The van der Waals surface area contributed by atoms with Crippen LogP contribution in [0.3, 0.4) is 0 Å². The summed E-state index contributed by atoms with van der Waals surface area (Å²) in [4.78, 5) is 29.4. The maximum atomic E-state index is 13.2. The predicted octanol–water partition coefficient (Wildman–Crippen LogP) is 2.38. The van der Waals surface area contributed by atoms with Gasteiger partial charge in [-0.1, -0.05) is 19.6 Å². The van der Waals surface area contributed by atoms with Crippen LogP contribution < -0.4 is 5.73 Å². The third-order valence-corrected chi connectivity index (χ3v) is 8.94. The van der Waals surface area contributed by atoms with Crippen LogP contribution in [-0.2, 0) is 14.3 Å². The van der Waals surface area contributed by atoms with Crippen LogP contribution in [0.1, 0.15) is 38.5 Å². The van der Waals surface area contributed by atoms with E-state index in [1.165, 1.54) is 4.90 Å². The van der Waals surface area contributed by atoms with E-state index in [4.69, 9.17) is 15.2 Å². The van der Waals surface area contributed by atoms with Crippen molar-refractivity contribution >= 4 is 20.0 Å². The molecule has 0 radical (unpaired) electrons. The van der Waals surface area contributed by atoms with E-state index in [1.807, 2.05) is 4.90 Å². The lowest BCUT2D eigenvalue weighted by Crippen LogP contribution is -2.68. The van der Waals surface area contributed by atoms with Gasteiger partial charge >= 0.3 is 6.03 Å². The van der Waals surface area contributed by atoms with E-state index < -0.39 is 13.6 Å². The molecule has 0 aromatic rings. The minimum atomic E-state index is -1.20. The van der Waals surface area contributed by atoms with Crippen LogP contribution in [0.2, 0.25) is 25.7 Å². The molecule has 2 spiro atoms. The summed E-state index contributed by atoms with van der Waals surface area (Å²) < 4.78 is 11.1. The summed E-state index contributed by atoms with van der Waals surface area (Å²) in [7, 11) is -1.20. The summed E-state index contributed by atoms with van der Waals surface area (Å²) in [6.45, 7) is 8.16. The molecule has 4 fully saturated rings. The average Bonchev–Trinajstić information content (AvgIpc) is 2.77. The molecular weight excluding hydrogens is 374 g/mol. The van der Waals surface area contributed by atoms with Gasteiger partial charge < -0.3 is 20.1 Å². The van der Waals surface area contributed by atoms with E-state index in [0.29, 0.717) is 31.3 Å². The first kappa shape index (κ1) is 20.3. The van der Waals surface area contributed by atoms with Crippen molar-refractivity contribution in [3.8, 4) is 0 Å². The minimum Gasteiger partial charge on any atom is -0.375 e. The van der Waals surface area contributed by atoms with Crippen molar-refractivity contribution in [3.05, 3.63) is 0 Å².